The largest absolute Gasteiger partial charge is 0.416 e. The van der Waals surface area contributed by atoms with Gasteiger partial charge in [-0.05, 0) is 72.6 Å². The minimum atomic E-state index is -4.35. The molecular weight excluding hydrogens is 515 g/mol. The van der Waals surface area contributed by atoms with Gasteiger partial charge in [0, 0.05) is 38.4 Å². The zero-order valence-corrected chi connectivity index (χ0v) is 21.0. The number of carbonyl (C=O) groups is 1. The molecule has 3 aromatic rings. The third-order valence-electron chi connectivity index (χ3n) is 7.29. The number of anilines is 1. The van der Waals surface area contributed by atoms with E-state index in [-0.39, 0.29) is 5.91 Å². The molecule has 0 saturated carbocycles. The van der Waals surface area contributed by atoms with Gasteiger partial charge in [-0.15, -0.1) is 0 Å². The number of carbonyl (C=O) groups excluding carboxylic acids is 1. The first-order valence-electron chi connectivity index (χ1n) is 12.7. The maximum Gasteiger partial charge on any atom is 0.416 e. The van der Waals surface area contributed by atoms with Gasteiger partial charge in [-0.3, -0.25) is 9.69 Å². The Morgan fingerprint density at radius 2 is 1.28 bits per heavy atom. The maximum atomic E-state index is 13.7. The highest BCUT2D eigenvalue weighted by Crippen LogP contribution is 2.39. The molecule has 0 N–H and O–H groups in total. The molecule has 2 heterocycles. The highest BCUT2D eigenvalue weighted by atomic mass is 19.4. The van der Waals surface area contributed by atoms with Crippen LogP contribution in [0.15, 0.2) is 77.8 Å². The molecule has 2 aliphatic heterocycles. The Balaban J connectivity index is 1.18. The van der Waals surface area contributed by atoms with Gasteiger partial charge in [-0.25, -0.2) is 13.8 Å². The number of hydrogen-bond donors (Lipinski definition) is 0. The van der Waals surface area contributed by atoms with Crippen molar-refractivity contribution in [2.75, 3.05) is 44.2 Å². The van der Waals surface area contributed by atoms with Crippen molar-refractivity contribution in [1.29, 1.82) is 0 Å². The molecule has 0 spiro atoms. The Morgan fingerprint density at radius 1 is 0.744 bits per heavy atom. The second-order valence-corrected chi connectivity index (χ2v) is 9.69. The first-order chi connectivity index (χ1) is 18.7. The van der Waals surface area contributed by atoms with E-state index < -0.39 is 28.9 Å². The minimum Gasteiger partial charge on any atom is -0.369 e. The fourth-order valence-corrected chi connectivity index (χ4v) is 5.13. The summed E-state index contributed by atoms with van der Waals surface area (Å²) in [7, 11) is 0. The Labute approximate surface area is 223 Å². The van der Waals surface area contributed by atoms with Crippen LogP contribution < -0.4 is 4.90 Å². The molecule has 5 nitrogen and oxygen atoms in total. The van der Waals surface area contributed by atoms with Gasteiger partial charge in [0.1, 0.15) is 11.6 Å². The molecule has 2 aliphatic rings. The molecule has 0 atom stereocenters. The molecule has 0 aromatic heterocycles. The van der Waals surface area contributed by atoms with E-state index >= 15 is 0 Å². The summed E-state index contributed by atoms with van der Waals surface area (Å²) in [5, 5.41) is 0. The van der Waals surface area contributed by atoms with Crippen LogP contribution in [-0.2, 0) is 16.5 Å². The van der Waals surface area contributed by atoms with E-state index in [1.165, 1.54) is 67.0 Å². The van der Waals surface area contributed by atoms with Crippen LogP contribution in [0, 0.1) is 11.6 Å². The van der Waals surface area contributed by atoms with Crippen molar-refractivity contribution in [3.8, 4) is 0 Å². The van der Waals surface area contributed by atoms with Crippen LogP contribution in [0.4, 0.5) is 27.6 Å². The third-order valence-corrected chi connectivity index (χ3v) is 7.29. The Kier molecular flexibility index (Phi) is 7.40. The summed E-state index contributed by atoms with van der Waals surface area (Å²) in [5.41, 5.74) is -0.307. The summed E-state index contributed by atoms with van der Waals surface area (Å²) >= 11 is 0. The lowest BCUT2D eigenvalue weighted by Crippen LogP contribution is -2.47. The third kappa shape index (κ3) is 5.52. The zero-order chi connectivity index (χ0) is 27.6. The lowest BCUT2D eigenvalue weighted by atomic mass is 9.82. The number of rotatable bonds is 7. The second-order valence-electron chi connectivity index (χ2n) is 9.69. The summed E-state index contributed by atoms with van der Waals surface area (Å²) in [6.07, 6.45) is -2.17. The van der Waals surface area contributed by atoms with Gasteiger partial charge in [0.15, 0.2) is 5.54 Å². The molecule has 0 aliphatic carbocycles. The van der Waals surface area contributed by atoms with Gasteiger partial charge in [0.05, 0.1) is 11.9 Å². The summed E-state index contributed by atoms with van der Waals surface area (Å²) in [5.74, 6) is -1.15. The predicted octanol–water partition coefficient (Wildman–Crippen LogP) is 5.31. The fraction of sp³-hybridized carbons (Fsp3) is 0.310. The lowest BCUT2D eigenvalue weighted by molar-refractivity contribution is -0.137. The summed E-state index contributed by atoms with van der Waals surface area (Å²) in [6.45, 7) is 4.03. The van der Waals surface area contributed by atoms with Crippen molar-refractivity contribution in [2.45, 2.75) is 18.1 Å². The van der Waals surface area contributed by atoms with Gasteiger partial charge < -0.3 is 9.80 Å². The average molecular weight is 543 g/mol. The van der Waals surface area contributed by atoms with Crippen LogP contribution in [0.1, 0.15) is 23.1 Å². The zero-order valence-electron chi connectivity index (χ0n) is 21.0. The van der Waals surface area contributed by atoms with Crippen LogP contribution in [-0.4, -0.2) is 61.3 Å². The van der Waals surface area contributed by atoms with Crippen LogP contribution in [0.3, 0.4) is 0 Å². The van der Waals surface area contributed by atoms with E-state index in [0.29, 0.717) is 37.2 Å². The molecule has 3 aromatic carbocycles. The number of aliphatic imine (C=N–C) groups is 1. The molecule has 39 heavy (non-hydrogen) atoms. The standard InChI is InChI=1S/C29H27F5N4O/c30-24-8-2-21(3-9-24)28(22-4-10-25(31)11-5-22)27(39)38(20-35-28)15-1-14-36-16-18-37(19-17-36)26-12-6-23(7-13-26)29(32,33)34/h2-13,20H,1,14-19H2. The Morgan fingerprint density at radius 3 is 1.79 bits per heavy atom. The number of nitrogens with zero attached hydrogens (tertiary/aromatic N) is 4. The van der Waals surface area contributed by atoms with Crippen LogP contribution in [0.5, 0.6) is 0 Å². The van der Waals surface area contributed by atoms with Gasteiger partial charge >= 0.3 is 6.18 Å². The number of amides is 1. The number of alkyl halides is 3. The Bertz CT molecular complexity index is 1270. The smallest absolute Gasteiger partial charge is 0.369 e. The van der Waals surface area contributed by atoms with Crippen LogP contribution in [0.25, 0.3) is 0 Å². The molecule has 1 amide bonds. The number of halogens is 5. The minimum absolute atomic E-state index is 0.284. The molecule has 0 radical (unpaired) electrons. The van der Waals surface area contributed by atoms with E-state index in [9.17, 15) is 26.7 Å². The summed E-state index contributed by atoms with van der Waals surface area (Å²) in [6, 6.07) is 16.4. The molecule has 1 fully saturated rings. The lowest BCUT2D eigenvalue weighted by Gasteiger charge is -2.36. The first-order valence-corrected chi connectivity index (χ1v) is 12.7. The number of benzene rings is 3. The van der Waals surface area contributed by atoms with Crippen LogP contribution in [0.2, 0.25) is 0 Å². The monoisotopic (exact) mass is 542 g/mol. The van der Waals surface area contributed by atoms with Crippen molar-refractivity contribution in [1.82, 2.24) is 9.80 Å². The number of hydrogen-bond acceptors (Lipinski definition) is 4. The van der Waals surface area contributed by atoms with E-state index in [1.54, 1.807) is 4.90 Å². The Hall–Kier alpha value is -3.79. The predicted molar refractivity (Wildman–Crippen MR) is 138 cm³/mol. The second kappa shape index (κ2) is 10.8. The molecular formula is C29H27F5N4O. The SMILES string of the molecule is O=C1N(CCCN2CCN(c3ccc(C(F)(F)F)cc3)CC2)C=NC1(c1ccc(F)cc1)c1ccc(F)cc1. The number of piperazine rings is 1. The topological polar surface area (TPSA) is 39.2 Å². The molecule has 0 bridgehead atoms. The molecule has 1 saturated heterocycles. The van der Waals surface area contributed by atoms with Crippen molar-refractivity contribution in [3.05, 3.63) is 101 Å². The van der Waals surface area contributed by atoms with Crippen molar-refractivity contribution in [3.63, 3.8) is 0 Å². The maximum absolute atomic E-state index is 13.7. The average Bonchev–Trinajstić information content (AvgIpc) is 3.26. The highest BCUT2D eigenvalue weighted by molar-refractivity contribution is 6.03. The van der Waals surface area contributed by atoms with Crippen molar-refractivity contribution >= 4 is 17.9 Å². The van der Waals surface area contributed by atoms with Gasteiger partial charge in [0.2, 0.25) is 0 Å². The highest BCUT2D eigenvalue weighted by Gasteiger charge is 2.47. The molecule has 5 rings (SSSR count). The first kappa shape index (κ1) is 26.8. The van der Waals surface area contributed by atoms with Gasteiger partial charge in [-0.1, -0.05) is 24.3 Å². The van der Waals surface area contributed by atoms with Gasteiger partial charge in [0.25, 0.3) is 5.91 Å². The van der Waals surface area contributed by atoms with E-state index in [1.807, 2.05) is 0 Å². The summed E-state index contributed by atoms with van der Waals surface area (Å²) < 4.78 is 65.7. The molecule has 0 unspecified atom stereocenters. The summed E-state index contributed by atoms with van der Waals surface area (Å²) in [4.78, 5) is 24.1. The fourth-order valence-electron chi connectivity index (χ4n) is 5.13. The van der Waals surface area contributed by atoms with Crippen molar-refractivity contribution in [2.24, 2.45) is 4.99 Å². The molecule has 10 heteroatoms. The quantitative estimate of drug-likeness (QED) is 0.380. The normalized spacial score (nSPS) is 17.7. The van der Waals surface area contributed by atoms with E-state index in [0.717, 1.165) is 37.5 Å². The van der Waals surface area contributed by atoms with Gasteiger partial charge in [-0.2, -0.15) is 13.2 Å². The van der Waals surface area contributed by atoms with E-state index in [2.05, 4.69) is 14.8 Å². The molecule has 204 valence electrons. The van der Waals surface area contributed by atoms with Crippen molar-refractivity contribution < 1.29 is 26.7 Å². The van der Waals surface area contributed by atoms with Crippen LogP contribution >= 0.6 is 0 Å². The van der Waals surface area contributed by atoms with E-state index in [4.69, 9.17) is 0 Å².